The van der Waals surface area contributed by atoms with Crippen LogP contribution in [0.5, 0.6) is 5.75 Å². The molecule has 21 heavy (non-hydrogen) atoms. The van der Waals surface area contributed by atoms with Crippen LogP contribution in [0.15, 0.2) is 24.3 Å². The molecular weight excluding hydrogens is 268 g/mol. The second-order valence-electron chi connectivity index (χ2n) is 4.72. The van der Waals surface area contributed by atoms with Gasteiger partial charge in [0.05, 0.1) is 0 Å². The molecule has 0 aromatic heterocycles. The van der Waals surface area contributed by atoms with Crippen LogP contribution in [-0.4, -0.2) is 43.5 Å². The number of rotatable bonds is 8. The molecule has 0 unspecified atom stereocenters. The Labute approximate surface area is 126 Å². The van der Waals surface area contributed by atoms with Crippen molar-refractivity contribution in [1.29, 1.82) is 0 Å². The van der Waals surface area contributed by atoms with Gasteiger partial charge in [-0.2, -0.15) is 0 Å². The fourth-order valence-corrected chi connectivity index (χ4v) is 1.92. The zero-order chi connectivity index (χ0) is 15.7. The van der Waals surface area contributed by atoms with Crippen molar-refractivity contribution in [2.24, 2.45) is 0 Å². The minimum Gasteiger partial charge on any atom is -0.484 e. The summed E-state index contributed by atoms with van der Waals surface area (Å²) >= 11 is 0. The minimum absolute atomic E-state index is 0.00521. The number of hydrogen-bond acceptors (Lipinski definition) is 3. The number of carbonyl (C=O) groups is 2. The predicted octanol–water partition coefficient (Wildman–Crippen LogP) is 2.07. The maximum atomic E-state index is 12.1. The lowest BCUT2D eigenvalue weighted by molar-refractivity contribution is -0.133. The third kappa shape index (κ3) is 5.45. The fourth-order valence-electron chi connectivity index (χ4n) is 1.92. The van der Waals surface area contributed by atoms with E-state index in [1.165, 1.54) is 0 Å². The van der Waals surface area contributed by atoms with Crippen LogP contribution >= 0.6 is 0 Å². The van der Waals surface area contributed by atoms with E-state index in [2.05, 4.69) is 12.2 Å². The smallest absolute Gasteiger partial charge is 0.260 e. The van der Waals surface area contributed by atoms with Gasteiger partial charge in [-0.05, 0) is 31.5 Å². The molecule has 0 atom stereocenters. The fraction of sp³-hybridized carbons (Fsp3) is 0.500. The number of likely N-dealkylation sites (N-methyl/N-ethyl adjacent to an activating group) is 1. The van der Waals surface area contributed by atoms with Crippen molar-refractivity contribution in [2.45, 2.75) is 26.7 Å². The summed E-state index contributed by atoms with van der Waals surface area (Å²) in [6, 6.07) is 6.81. The van der Waals surface area contributed by atoms with Gasteiger partial charge in [0.15, 0.2) is 6.61 Å². The summed E-state index contributed by atoms with van der Waals surface area (Å²) in [5, 5.41) is 2.55. The SMILES string of the molecule is CCCCN(CC)C(=O)COc1cccc(C(=O)NC)c1. The first kappa shape index (κ1) is 17.0. The summed E-state index contributed by atoms with van der Waals surface area (Å²) in [5.74, 6) is 0.317. The van der Waals surface area contributed by atoms with E-state index in [0.29, 0.717) is 17.9 Å². The molecule has 0 saturated heterocycles. The van der Waals surface area contributed by atoms with E-state index in [1.54, 1.807) is 36.2 Å². The second kappa shape index (κ2) is 9.00. The van der Waals surface area contributed by atoms with Crippen LogP contribution in [0.25, 0.3) is 0 Å². The van der Waals surface area contributed by atoms with Crippen molar-refractivity contribution < 1.29 is 14.3 Å². The highest BCUT2D eigenvalue weighted by atomic mass is 16.5. The number of amides is 2. The highest BCUT2D eigenvalue weighted by Crippen LogP contribution is 2.13. The lowest BCUT2D eigenvalue weighted by Crippen LogP contribution is -2.35. The maximum Gasteiger partial charge on any atom is 0.260 e. The van der Waals surface area contributed by atoms with Crippen molar-refractivity contribution in [2.75, 3.05) is 26.7 Å². The van der Waals surface area contributed by atoms with Crippen LogP contribution < -0.4 is 10.1 Å². The molecular formula is C16H24N2O3. The summed E-state index contributed by atoms with van der Waals surface area (Å²) in [7, 11) is 1.58. The molecule has 1 N–H and O–H groups in total. The third-order valence-electron chi connectivity index (χ3n) is 3.20. The number of unbranched alkanes of at least 4 members (excludes halogenated alkanes) is 1. The van der Waals surface area contributed by atoms with Gasteiger partial charge in [0.2, 0.25) is 0 Å². The molecule has 5 nitrogen and oxygen atoms in total. The summed E-state index contributed by atoms with van der Waals surface area (Å²) in [4.78, 5) is 25.4. The van der Waals surface area contributed by atoms with Crippen molar-refractivity contribution in [3.8, 4) is 5.75 Å². The summed E-state index contributed by atoms with van der Waals surface area (Å²) in [6.07, 6.45) is 2.05. The average Bonchev–Trinajstić information content (AvgIpc) is 2.53. The molecule has 0 aliphatic rings. The number of benzene rings is 1. The quantitative estimate of drug-likeness (QED) is 0.798. The normalized spacial score (nSPS) is 10.0. The van der Waals surface area contributed by atoms with Crippen LogP contribution in [0, 0.1) is 0 Å². The Morgan fingerprint density at radius 2 is 2.05 bits per heavy atom. The van der Waals surface area contributed by atoms with Gasteiger partial charge >= 0.3 is 0 Å². The Morgan fingerprint density at radius 3 is 2.67 bits per heavy atom. The molecule has 2 amide bonds. The molecule has 0 heterocycles. The number of hydrogen-bond donors (Lipinski definition) is 1. The van der Waals surface area contributed by atoms with Gasteiger partial charge in [0, 0.05) is 25.7 Å². The Bertz CT molecular complexity index is 474. The molecule has 0 aliphatic carbocycles. The van der Waals surface area contributed by atoms with Crippen molar-refractivity contribution in [3.63, 3.8) is 0 Å². The molecule has 0 aliphatic heterocycles. The molecule has 1 rings (SSSR count). The average molecular weight is 292 g/mol. The standard InChI is InChI=1S/C16H24N2O3/c1-4-6-10-18(5-2)15(19)12-21-14-9-7-8-13(11-14)16(20)17-3/h7-9,11H,4-6,10,12H2,1-3H3,(H,17,20). The molecule has 1 aromatic carbocycles. The van der Waals surface area contributed by atoms with E-state index in [4.69, 9.17) is 4.74 Å². The number of nitrogens with zero attached hydrogens (tertiary/aromatic N) is 1. The van der Waals surface area contributed by atoms with Gasteiger partial charge in [0.25, 0.3) is 11.8 Å². The van der Waals surface area contributed by atoms with E-state index in [9.17, 15) is 9.59 Å². The van der Waals surface area contributed by atoms with Gasteiger partial charge in [-0.1, -0.05) is 19.4 Å². The predicted molar refractivity (Wildman–Crippen MR) is 82.5 cm³/mol. The van der Waals surface area contributed by atoms with Crippen molar-refractivity contribution in [3.05, 3.63) is 29.8 Å². The first-order chi connectivity index (χ1) is 10.1. The molecule has 5 heteroatoms. The molecule has 0 spiro atoms. The largest absolute Gasteiger partial charge is 0.484 e. The highest BCUT2D eigenvalue weighted by Gasteiger charge is 2.12. The van der Waals surface area contributed by atoms with Gasteiger partial charge in [-0.15, -0.1) is 0 Å². The first-order valence-corrected chi connectivity index (χ1v) is 7.35. The van der Waals surface area contributed by atoms with Crippen molar-refractivity contribution in [1.82, 2.24) is 10.2 Å². The molecule has 116 valence electrons. The van der Waals surface area contributed by atoms with E-state index >= 15 is 0 Å². The number of carbonyl (C=O) groups excluding carboxylic acids is 2. The summed E-state index contributed by atoms with van der Waals surface area (Å²) < 4.78 is 5.49. The number of nitrogens with one attached hydrogen (secondary N) is 1. The minimum atomic E-state index is -0.176. The maximum absolute atomic E-state index is 12.1. The lowest BCUT2D eigenvalue weighted by atomic mass is 10.2. The van der Waals surface area contributed by atoms with E-state index in [0.717, 1.165) is 19.4 Å². The van der Waals surface area contributed by atoms with E-state index in [1.807, 2.05) is 6.92 Å². The topological polar surface area (TPSA) is 58.6 Å². The Balaban J connectivity index is 2.57. The Hall–Kier alpha value is -2.04. The molecule has 0 saturated carbocycles. The van der Waals surface area contributed by atoms with Gasteiger partial charge in [-0.3, -0.25) is 9.59 Å². The Kier molecular flexibility index (Phi) is 7.29. The van der Waals surface area contributed by atoms with Gasteiger partial charge in [0.1, 0.15) is 5.75 Å². The van der Waals surface area contributed by atoms with Gasteiger partial charge in [-0.25, -0.2) is 0 Å². The zero-order valence-corrected chi connectivity index (χ0v) is 13.0. The van der Waals surface area contributed by atoms with Crippen LogP contribution in [0.2, 0.25) is 0 Å². The summed E-state index contributed by atoms with van der Waals surface area (Å²) in [6.45, 7) is 5.49. The molecule has 1 aromatic rings. The first-order valence-electron chi connectivity index (χ1n) is 7.35. The second-order valence-corrected chi connectivity index (χ2v) is 4.72. The van der Waals surface area contributed by atoms with E-state index in [-0.39, 0.29) is 18.4 Å². The molecule has 0 bridgehead atoms. The van der Waals surface area contributed by atoms with Crippen LogP contribution in [0.4, 0.5) is 0 Å². The Morgan fingerprint density at radius 1 is 1.29 bits per heavy atom. The lowest BCUT2D eigenvalue weighted by Gasteiger charge is -2.20. The monoisotopic (exact) mass is 292 g/mol. The number of ether oxygens (including phenoxy) is 1. The zero-order valence-electron chi connectivity index (χ0n) is 13.0. The van der Waals surface area contributed by atoms with Crippen molar-refractivity contribution >= 4 is 11.8 Å². The third-order valence-corrected chi connectivity index (χ3v) is 3.20. The molecule has 0 radical (unpaired) electrons. The summed E-state index contributed by atoms with van der Waals surface area (Å²) in [5.41, 5.74) is 0.515. The van der Waals surface area contributed by atoms with Crippen LogP contribution in [0.1, 0.15) is 37.0 Å². The van der Waals surface area contributed by atoms with Crippen LogP contribution in [-0.2, 0) is 4.79 Å². The van der Waals surface area contributed by atoms with E-state index < -0.39 is 0 Å². The highest BCUT2D eigenvalue weighted by molar-refractivity contribution is 5.94. The van der Waals surface area contributed by atoms with Crippen LogP contribution in [0.3, 0.4) is 0 Å². The molecule has 0 fully saturated rings. The van der Waals surface area contributed by atoms with Gasteiger partial charge < -0.3 is 15.0 Å².